The fraction of sp³-hybridized carbons (Fsp3) is 0.0556. The number of hydrogen-bond acceptors (Lipinski definition) is 6. The van der Waals surface area contributed by atoms with Gasteiger partial charge in [-0.3, -0.25) is 4.98 Å². The minimum Gasteiger partial charge on any atom is -0.306 e. The zero-order valence-corrected chi connectivity index (χ0v) is 13.8. The van der Waals surface area contributed by atoms with Crippen molar-refractivity contribution < 1.29 is 0 Å². The van der Waals surface area contributed by atoms with Gasteiger partial charge in [-0.1, -0.05) is 30.3 Å². The molecule has 3 aromatic heterocycles. The monoisotopic (exact) mass is 333 g/mol. The molecule has 0 unspecified atom stereocenters. The van der Waals surface area contributed by atoms with Crippen LogP contribution in [-0.2, 0) is 0 Å². The van der Waals surface area contributed by atoms with Gasteiger partial charge in [-0.2, -0.15) is 0 Å². The second-order valence-corrected chi connectivity index (χ2v) is 6.56. The highest BCUT2D eigenvalue weighted by molar-refractivity contribution is 7.18. The maximum absolute atomic E-state index is 5.54. The molecular weight excluding hydrogens is 318 g/mol. The van der Waals surface area contributed by atoms with Gasteiger partial charge in [0.15, 0.2) is 5.82 Å². The quantitative estimate of drug-likeness (QED) is 0.437. The lowest BCUT2D eigenvalue weighted by atomic mass is 10.1. The lowest BCUT2D eigenvalue weighted by Crippen LogP contribution is -2.10. The van der Waals surface area contributed by atoms with Crippen molar-refractivity contribution in [3.05, 3.63) is 60.3 Å². The third-order valence-electron chi connectivity index (χ3n) is 3.83. The highest BCUT2D eigenvalue weighted by Crippen LogP contribution is 2.36. The number of anilines is 1. The van der Waals surface area contributed by atoms with Crippen LogP contribution in [0.4, 0.5) is 5.82 Å². The van der Waals surface area contributed by atoms with Crippen molar-refractivity contribution in [1.29, 1.82) is 0 Å². The van der Waals surface area contributed by atoms with Gasteiger partial charge in [0.05, 0.1) is 15.4 Å². The van der Waals surface area contributed by atoms with E-state index in [9.17, 15) is 0 Å². The summed E-state index contributed by atoms with van der Waals surface area (Å²) in [6, 6.07) is 16.2. The van der Waals surface area contributed by atoms with Crippen LogP contribution < -0.4 is 11.3 Å². The Bertz CT molecular complexity index is 1010. The van der Waals surface area contributed by atoms with E-state index in [1.54, 1.807) is 11.3 Å². The summed E-state index contributed by atoms with van der Waals surface area (Å²) < 4.78 is 0. The number of thiophene rings is 1. The first-order valence-electron chi connectivity index (χ1n) is 7.51. The average Bonchev–Trinajstić information content (AvgIpc) is 3.11. The number of nitrogens with zero attached hydrogens (tertiary/aromatic N) is 3. The average molecular weight is 333 g/mol. The van der Waals surface area contributed by atoms with Crippen molar-refractivity contribution >= 4 is 27.9 Å². The Kier molecular flexibility index (Phi) is 3.68. The van der Waals surface area contributed by atoms with E-state index in [0.29, 0.717) is 5.82 Å². The van der Waals surface area contributed by atoms with Gasteiger partial charge in [-0.25, -0.2) is 5.84 Å². The number of nitrogen functional groups attached to an aromatic ring is 1. The summed E-state index contributed by atoms with van der Waals surface area (Å²) >= 11 is 1.66. The normalized spacial score (nSPS) is 10.9. The van der Waals surface area contributed by atoms with E-state index in [0.717, 1.165) is 37.5 Å². The maximum atomic E-state index is 5.54. The van der Waals surface area contributed by atoms with Gasteiger partial charge < -0.3 is 5.43 Å². The van der Waals surface area contributed by atoms with Crippen LogP contribution in [0.5, 0.6) is 0 Å². The van der Waals surface area contributed by atoms with Crippen LogP contribution in [0.15, 0.2) is 54.7 Å². The number of nitrogens with one attached hydrogen (secondary N) is 1. The zero-order valence-electron chi connectivity index (χ0n) is 13.0. The highest BCUT2D eigenvalue weighted by atomic mass is 32.1. The number of fused-ring (bicyclic) bond motifs is 1. The molecule has 0 aliphatic rings. The van der Waals surface area contributed by atoms with Crippen LogP contribution >= 0.6 is 11.3 Å². The summed E-state index contributed by atoms with van der Waals surface area (Å²) in [4.78, 5) is 6.66. The lowest BCUT2D eigenvalue weighted by Gasteiger charge is -2.07. The Hall–Kier alpha value is -2.83. The largest absolute Gasteiger partial charge is 0.306 e. The topological polar surface area (TPSA) is 76.7 Å². The van der Waals surface area contributed by atoms with Crippen molar-refractivity contribution in [3.63, 3.8) is 0 Å². The molecule has 3 N–H and O–H groups in total. The number of benzene rings is 1. The van der Waals surface area contributed by atoms with E-state index in [1.807, 2.05) is 43.5 Å². The molecule has 0 bridgehead atoms. The molecule has 0 spiro atoms. The number of pyridine rings is 1. The van der Waals surface area contributed by atoms with Crippen molar-refractivity contribution in [3.8, 4) is 21.1 Å². The fourth-order valence-corrected chi connectivity index (χ4v) is 3.59. The Labute approximate surface area is 143 Å². The first kappa shape index (κ1) is 14.7. The van der Waals surface area contributed by atoms with Gasteiger partial charge >= 0.3 is 0 Å². The molecule has 0 amide bonds. The molecule has 0 atom stereocenters. The Morgan fingerprint density at radius 1 is 0.917 bits per heavy atom. The van der Waals surface area contributed by atoms with E-state index < -0.39 is 0 Å². The van der Waals surface area contributed by atoms with Gasteiger partial charge in [-0.05, 0) is 30.7 Å². The van der Waals surface area contributed by atoms with Crippen LogP contribution in [0.1, 0.15) is 5.56 Å². The smallest absolute Gasteiger partial charge is 0.170 e. The number of hydrogen-bond donors (Lipinski definition) is 2. The molecule has 5 nitrogen and oxygen atoms in total. The van der Waals surface area contributed by atoms with Crippen molar-refractivity contribution in [2.45, 2.75) is 6.92 Å². The second kappa shape index (κ2) is 5.99. The SMILES string of the molecule is Cc1ccc(-c2ccc(-c3nnc(NN)c4ccccc34)s2)nc1. The molecule has 4 aromatic rings. The highest BCUT2D eigenvalue weighted by Gasteiger charge is 2.13. The predicted molar refractivity (Wildman–Crippen MR) is 98.6 cm³/mol. The molecular formula is C18H15N5S. The number of aryl methyl sites for hydroxylation is 1. The summed E-state index contributed by atoms with van der Waals surface area (Å²) in [5.41, 5.74) is 5.58. The zero-order chi connectivity index (χ0) is 16.5. The number of hydrazine groups is 1. The molecule has 0 fully saturated rings. The molecule has 0 saturated heterocycles. The molecule has 4 rings (SSSR count). The standard InChI is InChI=1S/C18H15N5S/c1-11-6-7-14(20-10-11)15-8-9-16(24-15)17-12-4-2-3-5-13(12)18(21-19)23-22-17/h2-10H,19H2,1H3,(H,21,23). The summed E-state index contributed by atoms with van der Waals surface area (Å²) in [5, 5.41) is 10.5. The molecule has 1 aromatic carbocycles. The van der Waals surface area contributed by atoms with Crippen LogP contribution in [0, 0.1) is 6.92 Å². The summed E-state index contributed by atoms with van der Waals surface area (Å²) in [6.45, 7) is 2.03. The number of nitrogens with two attached hydrogens (primary N) is 1. The Morgan fingerprint density at radius 2 is 1.71 bits per heavy atom. The van der Waals surface area contributed by atoms with Gasteiger partial charge in [-0.15, -0.1) is 21.5 Å². The van der Waals surface area contributed by atoms with E-state index in [4.69, 9.17) is 5.84 Å². The third-order valence-corrected chi connectivity index (χ3v) is 4.94. The second-order valence-electron chi connectivity index (χ2n) is 5.47. The van der Waals surface area contributed by atoms with Crippen LogP contribution in [0.25, 0.3) is 31.9 Å². The lowest BCUT2D eigenvalue weighted by molar-refractivity contribution is 1.05. The number of rotatable bonds is 3. The molecule has 0 aliphatic carbocycles. The predicted octanol–water partition coefficient (Wildman–Crippen LogP) is 4.01. The van der Waals surface area contributed by atoms with Crippen LogP contribution in [0.3, 0.4) is 0 Å². The van der Waals surface area contributed by atoms with Gasteiger partial charge in [0, 0.05) is 17.0 Å². The summed E-state index contributed by atoms with van der Waals surface area (Å²) in [6.07, 6.45) is 1.88. The molecule has 3 heterocycles. The first-order valence-corrected chi connectivity index (χ1v) is 8.33. The van der Waals surface area contributed by atoms with E-state index in [-0.39, 0.29) is 0 Å². The molecule has 0 aliphatic heterocycles. The van der Waals surface area contributed by atoms with Gasteiger partial charge in [0.25, 0.3) is 0 Å². The van der Waals surface area contributed by atoms with Crippen LogP contribution in [0.2, 0.25) is 0 Å². The summed E-state index contributed by atoms with van der Waals surface area (Å²) in [7, 11) is 0. The molecule has 24 heavy (non-hydrogen) atoms. The molecule has 118 valence electrons. The molecule has 0 saturated carbocycles. The maximum Gasteiger partial charge on any atom is 0.170 e. The molecule has 0 radical (unpaired) electrons. The Balaban J connectivity index is 1.83. The molecule has 6 heteroatoms. The Morgan fingerprint density at radius 3 is 2.46 bits per heavy atom. The minimum atomic E-state index is 0.575. The van der Waals surface area contributed by atoms with Crippen LogP contribution in [-0.4, -0.2) is 15.2 Å². The first-order chi connectivity index (χ1) is 11.8. The minimum absolute atomic E-state index is 0.575. The van der Waals surface area contributed by atoms with Crippen molar-refractivity contribution in [2.75, 3.05) is 5.43 Å². The van der Waals surface area contributed by atoms with Gasteiger partial charge in [0.1, 0.15) is 5.69 Å². The third kappa shape index (κ3) is 2.51. The van der Waals surface area contributed by atoms with E-state index in [1.165, 1.54) is 0 Å². The van der Waals surface area contributed by atoms with E-state index >= 15 is 0 Å². The number of aromatic nitrogens is 3. The van der Waals surface area contributed by atoms with Crippen molar-refractivity contribution in [1.82, 2.24) is 15.2 Å². The van der Waals surface area contributed by atoms with Crippen molar-refractivity contribution in [2.24, 2.45) is 5.84 Å². The fourth-order valence-electron chi connectivity index (χ4n) is 2.61. The van der Waals surface area contributed by atoms with E-state index in [2.05, 4.69) is 38.8 Å². The van der Waals surface area contributed by atoms with Gasteiger partial charge in [0.2, 0.25) is 0 Å². The summed E-state index contributed by atoms with van der Waals surface area (Å²) in [5.74, 6) is 6.11.